The van der Waals surface area contributed by atoms with E-state index in [-0.39, 0.29) is 35.5 Å². The molecule has 1 amide bonds. The minimum atomic E-state index is 0. The van der Waals surface area contributed by atoms with Crippen LogP contribution < -0.4 is 29.6 Å². The van der Waals surface area contributed by atoms with Crippen LogP contribution in [0.3, 0.4) is 0 Å². The molecule has 18 heavy (non-hydrogen) atoms. The molecule has 0 bridgehead atoms. The van der Waals surface area contributed by atoms with Gasteiger partial charge in [0.2, 0.25) is 0 Å². The number of carbonyl (C=O) groups is 1. The first-order valence-corrected chi connectivity index (χ1v) is 6.34. The third-order valence-electron chi connectivity index (χ3n) is 3.71. The zero-order chi connectivity index (χ0) is 12.3. The molecule has 0 radical (unpaired) electrons. The maximum absolute atomic E-state index is 12.2. The molecule has 0 saturated heterocycles. The Morgan fingerprint density at radius 1 is 1.17 bits per heavy atom. The Morgan fingerprint density at radius 2 is 1.72 bits per heavy atom. The van der Waals surface area contributed by atoms with Crippen molar-refractivity contribution < 1.29 is 34.4 Å². The minimum absolute atomic E-state index is 0. The largest absolute Gasteiger partial charge is 1.00 e. The molecule has 0 aliphatic heterocycles. The van der Waals surface area contributed by atoms with Gasteiger partial charge in [-0.3, -0.25) is 4.79 Å². The van der Waals surface area contributed by atoms with E-state index < -0.39 is 0 Å². The second-order valence-electron chi connectivity index (χ2n) is 4.96. The maximum Gasteiger partial charge on any atom is 1.00 e. The summed E-state index contributed by atoms with van der Waals surface area (Å²) in [6.45, 7) is 4.09. The van der Waals surface area contributed by atoms with Gasteiger partial charge in [-0.2, -0.15) is 5.92 Å². The van der Waals surface area contributed by atoms with Gasteiger partial charge < -0.3 is 11.8 Å². The van der Waals surface area contributed by atoms with Crippen molar-refractivity contribution in [2.45, 2.75) is 31.7 Å². The van der Waals surface area contributed by atoms with Gasteiger partial charge in [-0.1, -0.05) is 31.0 Å². The summed E-state index contributed by atoms with van der Waals surface area (Å²) in [6, 6.07) is 9.91. The molecule has 0 N–H and O–H groups in total. The van der Waals surface area contributed by atoms with E-state index in [0.717, 1.165) is 31.2 Å². The van der Waals surface area contributed by atoms with E-state index >= 15 is 0 Å². The molecule has 1 saturated carbocycles. The van der Waals surface area contributed by atoms with Gasteiger partial charge in [0.05, 0.1) is 0 Å². The second kappa shape index (κ2) is 7.32. The number of carbonyl (C=O) groups excluding carboxylic acids is 1. The predicted octanol–water partition coefficient (Wildman–Crippen LogP) is 0.155. The van der Waals surface area contributed by atoms with E-state index in [4.69, 9.17) is 0 Å². The van der Waals surface area contributed by atoms with Crippen LogP contribution in [0.5, 0.6) is 0 Å². The van der Waals surface area contributed by atoms with Crippen molar-refractivity contribution in [3.05, 3.63) is 42.8 Å². The van der Waals surface area contributed by atoms with Crippen molar-refractivity contribution in [3.63, 3.8) is 0 Å². The number of benzene rings is 1. The average molecular weight is 253 g/mol. The first-order chi connectivity index (χ1) is 8.18. The van der Waals surface area contributed by atoms with Gasteiger partial charge in [-0.05, 0) is 25.0 Å². The summed E-state index contributed by atoms with van der Waals surface area (Å²) in [4.78, 5) is 14.1. The topological polar surface area (TPSA) is 20.3 Å². The molecule has 2 rings (SSSR count). The number of rotatable bonds is 2. The second-order valence-corrected chi connectivity index (χ2v) is 4.96. The Kier molecular flexibility index (Phi) is 6.40. The Morgan fingerprint density at radius 3 is 2.28 bits per heavy atom. The first kappa shape index (κ1) is 15.7. The molecular formula is C15H20NNaO. The zero-order valence-corrected chi connectivity index (χ0v) is 13.4. The summed E-state index contributed by atoms with van der Waals surface area (Å²) in [5.41, 5.74) is 0.784. The Bertz CT molecular complexity index is 371. The summed E-state index contributed by atoms with van der Waals surface area (Å²) in [6.07, 6.45) is 4.45. The smallest absolute Gasteiger partial charge is 0.340 e. The summed E-state index contributed by atoms with van der Waals surface area (Å²) >= 11 is 0. The van der Waals surface area contributed by atoms with Crippen molar-refractivity contribution in [1.29, 1.82) is 0 Å². The van der Waals surface area contributed by atoms with Crippen molar-refractivity contribution in [3.8, 4) is 0 Å². The fourth-order valence-electron chi connectivity index (χ4n) is 2.48. The monoisotopic (exact) mass is 253 g/mol. The van der Waals surface area contributed by atoms with Gasteiger partial charge >= 0.3 is 29.6 Å². The van der Waals surface area contributed by atoms with E-state index in [0.29, 0.717) is 12.0 Å². The van der Waals surface area contributed by atoms with Crippen LogP contribution in [0.1, 0.15) is 36.0 Å². The van der Waals surface area contributed by atoms with Crippen molar-refractivity contribution in [2.24, 2.45) is 5.92 Å². The summed E-state index contributed by atoms with van der Waals surface area (Å²) in [5.74, 6) is 0.713. The molecule has 0 unspecified atom stereocenters. The van der Waals surface area contributed by atoms with Crippen molar-refractivity contribution in [1.82, 2.24) is 4.90 Å². The van der Waals surface area contributed by atoms with Crippen LogP contribution in [-0.2, 0) is 0 Å². The van der Waals surface area contributed by atoms with Crippen LogP contribution in [0.15, 0.2) is 30.3 Å². The normalized spacial score (nSPS) is 23.0. The van der Waals surface area contributed by atoms with E-state index in [2.05, 4.69) is 6.92 Å². The molecule has 1 aromatic carbocycles. The van der Waals surface area contributed by atoms with Crippen LogP contribution >= 0.6 is 0 Å². The minimum Gasteiger partial charge on any atom is -0.340 e. The van der Waals surface area contributed by atoms with Gasteiger partial charge in [-0.15, -0.1) is 0 Å². The van der Waals surface area contributed by atoms with Crippen molar-refractivity contribution in [2.75, 3.05) is 7.05 Å². The molecule has 92 valence electrons. The molecule has 3 heteroatoms. The van der Waals surface area contributed by atoms with Crippen LogP contribution in [0.4, 0.5) is 0 Å². The SMILES string of the molecule is [CH2-]C1CCC(N(C)C(=O)c2ccccc2)CC1.[Na+]. The average Bonchev–Trinajstić information content (AvgIpc) is 2.39. The Hall–Kier alpha value is -0.310. The molecule has 0 heterocycles. The Balaban J connectivity index is 0.00000162. The van der Waals surface area contributed by atoms with E-state index in [1.807, 2.05) is 42.3 Å². The Labute approximate surface area is 132 Å². The third kappa shape index (κ3) is 3.84. The molecule has 1 aromatic rings. The van der Waals surface area contributed by atoms with E-state index in [1.54, 1.807) is 0 Å². The molecule has 0 aromatic heterocycles. The van der Waals surface area contributed by atoms with Gasteiger partial charge in [0, 0.05) is 18.7 Å². The number of nitrogens with zero attached hydrogens (tertiary/aromatic N) is 1. The molecule has 1 aliphatic rings. The van der Waals surface area contributed by atoms with Gasteiger partial charge in [0.25, 0.3) is 5.91 Å². The van der Waals surface area contributed by atoms with Gasteiger partial charge in [-0.25, -0.2) is 0 Å². The number of amides is 1. The maximum atomic E-state index is 12.2. The molecule has 0 atom stereocenters. The fourth-order valence-corrected chi connectivity index (χ4v) is 2.48. The molecule has 2 nitrogen and oxygen atoms in total. The van der Waals surface area contributed by atoms with Gasteiger partial charge in [0.15, 0.2) is 0 Å². The molecule has 1 fully saturated rings. The number of hydrogen-bond acceptors (Lipinski definition) is 1. The predicted molar refractivity (Wildman–Crippen MR) is 69.6 cm³/mol. The quantitative estimate of drug-likeness (QED) is 0.543. The van der Waals surface area contributed by atoms with E-state index in [9.17, 15) is 4.79 Å². The molecular weight excluding hydrogens is 233 g/mol. The number of hydrogen-bond donors (Lipinski definition) is 0. The van der Waals surface area contributed by atoms with Crippen molar-refractivity contribution >= 4 is 5.91 Å². The first-order valence-electron chi connectivity index (χ1n) is 6.34. The van der Waals surface area contributed by atoms with Crippen LogP contribution in [0, 0.1) is 12.8 Å². The summed E-state index contributed by atoms with van der Waals surface area (Å²) in [5, 5.41) is 0. The fraction of sp³-hybridized carbons (Fsp3) is 0.467. The van der Waals surface area contributed by atoms with Crippen LogP contribution in [0.25, 0.3) is 0 Å². The molecule has 0 spiro atoms. The summed E-state index contributed by atoms with van der Waals surface area (Å²) < 4.78 is 0. The zero-order valence-electron chi connectivity index (χ0n) is 11.4. The van der Waals surface area contributed by atoms with Gasteiger partial charge in [0.1, 0.15) is 0 Å². The third-order valence-corrected chi connectivity index (χ3v) is 3.71. The molecule has 1 aliphatic carbocycles. The van der Waals surface area contributed by atoms with Crippen LogP contribution in [-0.4, -0.2) is 23.9 Å². The standard InChI is InChI=1S/C15H20NO.Na/c1-12-8-10-14(11-9-12)16(2)15(17)13-6-4-3-5-7-13;/h3-7,12,14H,1,8-11H2,2H3;/q-1;+1. The van der Waals surface area contributed by atoms with E-state index in [1.165, 1.54) is 0 Å². The summed E-state index contributed by atoms with van der Waals surface area (Å²) in [7, 11) is 1.92. The van der Waals surface area contributed by atoms with Crippen LogP contribution in [0.2, 0.25) is 0 Å².